The predicted molar refractivity (Wildman–Crippen MR) is 65.8 cm³/mol. The van der Waals surface area contributed by atoms with E-state index in [1.165, 1.54) is 12.2 Å². The topological polar surface area (TPSA) is 59.2 Å². The van der Waals surface area contributed by atoms with Crippen molar-refractivity contribution in [1.82, 2.24) is 10.1 Å². The first-order valence-electron chi connectivity index (χ1n) is 5.57. The van der Waals surface area contributed by atoms with Crippen LogP contribution in [-0.2, 0) is 0 Å². The lowest BCUT2D eigenvalue weighted by Crippen LogP contribution is -1.91. The van der Waals surface area contributed by atoms with Crippen LogP contribution in [0.1, 0.15) is 23.9 Å². The molecule has 3 rings (SSSR count). The van der Waals surface area contributed by atoms with E-state index in [0.29, 0.717) is 11.1 Å². The number of hydrogen-bond acceptors (Lipinski definition) is 5. The van der Waals surface area contributed by atoms with Gasteiger partial charge in [0.25, 0.3) is 5.89 Å². The summed E-state index contributed by atoms with van der Waals surface area (Å²) in [5, 5.41) is 13.8. The maximum atomic E-state index is 9.40. The zero-order chi connectivity index (χ0) is 11.7. The highest BCUT2D eigenvalue weighted by Gasteiger charge is 2.23. The van der Waals surface area contributed by atoms with Crippen LogP contribution in [0.4, 0.5) is 0 Å². The molecule has 0 aliphatic carbocycles. The molecule has 4 nitrogen and oxygen atoms in total. The van der Waals surface area contributed by atoms with Crippen LogP contribution < -0.4 is 0 Å². The van der Waals surface area contributed by atoms with E-state index >= 15 is 0 Å². The Morgan fingerprint density at radius 1 is 1.41 bits per heavy atom. The zero-order valence-electron chi connectivity index (χ0n) is 9.17. The molecule has 1 aliphatic heterocycles. The van der Waals surface area contributed by atoms with Gasteiger partial charge in [-0.2, -0.15) is 16.7 Å². The van der Waals surface area contributed by atoms with Crippen molar-refractivity contribution in [3.05, 3.63) is 30.1 Å². The molecule has 17 heavy (non-hydrogen) atoms. The molecule has 1 unspecified atom stereocenters. The van der Waals surface area contributed by atoms with Crippen LogP contribution in [0.15, 0.2) is 28.8 Å². The second-order valence-corrected chi connectivity index (χ2v) is 5.32. The minimum Gasteiger partial charge on any atom is -0.508 e. The van der Waals surface area contributed by atoms with Gasteiger partial charge in [0, 0.05) is 5.56 Å². The molecule has 1 N–H and O–H groups in total. The molecule has 0 bridgehead atoms. The van der Waals surface area contributed by atoms with E-state index < -0.39 is 0 Å². The SMILES string of the molecule is Oc1cccc(-c2nc(C3CCCS3)no2)c1. The van der Waals surface area contributed by atoms with Crippen molar-refractivity contribution in [2.75, 3.05) is 5.75 Å². The highest BCUT2D eigenvalue weighted by atomic mass is 32.2. The fourth-order valence-corrected chi connectivity index (χ4v) is 3.10. The van der Waals surface area contributed by atoms with Gasteiger partial charge in [-0.1, -0.05) is 11.2 Å². The molecule has 1 saturated heterocycles. The normalized spacial score (nSPS) is 19.6. The number of rotatable bonds is 2. The van der Waals surface area contributed by atoms with E-state index in [0.717, 1.165) is 17.8 Å². The first kappa shape index (κ1) is 10.7. The van der Waals surface area contributed by atoms with E-state index in [-0.39, 0.29) is 5.75 Å². The van der Waals surface area contributed by atoms with Gasteiger partial charge in [-0.3, -0.25) is 0 Å². The van der Waals surface area contributed by atoms with Crippen molar-refractivity contribution in [3.8, 4) is 17.2 Å². The van der Waals surface area contributed by atoms with E-state index in [1.807, 2.05) is 17.8 Å². The molecule has 0 spiro atoms. The van der Waals surface area contributed by atoms with Crippen molar-refractivity contribution < 1.29 is 9.63 Å². The van der Waals surface area contributed by atoms with Gasteiger partial charge in [-0.15, -0.1) is 0 Å². The quantitative estimate of drug-likeness (QED) is 0.885. The summed E-state index contributed by atoms with van der Waals surface area (Å²) in [5.74, 6) is 2.62. The van der Waals surface area contributed by atoms with Crippen LogP contribution >= 0.6 is 11.8 Å². The summed E-state index contributed by atoms with van der Waals surface area (Å²) >= 11 is 1.87. The number of benzene rings is 1. The number of phenolic OH excluding ortho intramolecular Hbond substituents is 1. The molecule has 1 atom stereocenters. The van der Waals surface area contributed by atoms with E-state index in [2.05, 4.69) is 10.1 Å². The molecule has 1 aromatic carbocycles. The Bertz CT molecular complexity index is 521. The van der Waals surface area contributed by atoms with Crippen molar-refractivity contribution in [2.24, 2.45) is 0 Å². The zero-order valence-corrected chi connectivity index (χ0v) is 9.98. The third-order valence-electron chi connectivity index (χ3n) is 2.75. The molecule has 88 valence electrons. The van der Waals surface area contributed by atoms with Crippen LogP contribution in [0.5, 0.6) is 5.75 Å². The van der Waals surface area contributed by atoms with E-state index in [9.17, 15) is 5.11 Å². The van der Waals surface area contributed by atoms with E-state index in [1.54, 1.807) is 18.2 Å². The van der Waals surface area contributed by atoms with Crippen LogP contribution in [0.25, 0.3) is 11.5 Å². The van der Waals surface area contributed by atoms with Crippen molar-refractivity contribution >= 4 is 11.8 Å². The Balaban J connectivity index is 1.89. The number of nitrogens with zero attached hydrogens (tertiary/aromatic N) is 2. The Labute approximate surface area is 103 Å². The molecule has 1 fully saturated rings. The van der Waals surface area contributed by atoms with Gasteiger partial charge in [0.15, 0.2) is 5.82 Å². The van der Waals surface area contributed by atoms with Gasteiger partial charge in [-0.25, -0.2) is 0 Å². The van der Waals surface area contributed by atoms with E-state index in [4.69, 9.17) is 4.52 Å². The van der Waals surface area contributed by atoms with Gasteiger partial charge in [0.1, 0.15) is 5.75 Å². The van der Waals surface area contributed by atoms with Gasteiger partial charge in [0.05, 0.1) is 5.25 Å². The molecular weight excluding hydrogens is 236 g/mol. The molecule has 1 aliphatic rings. The summed E-state index contributed by atoms with van der Waals surface area (Å²) in [4.78, 5) is 4.39. The van der Waals surface area contributed by atoms with Crippen LogP contribution in [0, 0.1) is 0 Å². The summed E-state index contributed by atoms with van der Waals surface area (Å²) in [6.45, 7) is 0. The minimum atomic E-state index is 0.206. The fraction of sp³-hybridized carbons (Fsp3) is 0.333. The monoisotopic (exact) mass is 248 g/mol. The smallest absolute Gasteiger partial charge is 0.258 e. The van der Waals surface area contributed by atoms with Crippen molar-refractivity contribution in [3.63, 3.8) is 0 Å². The molecule has 0 radical (unpaired) electrons. The lowest BCUT2D eigenvalue weighted by Gasteiger charge is -1.99. The van der Waals surface area contributed by atoms with Crippen molar-refractivity contribution in [1.29, 1.82) is 0 Å². The number of thioether (sulfide) groups is 1. The Hall–Kier alpha value is -1.49. The summed E-state index contributed by atoms with van der Waals surface area (Å²) in [6, 6.07) is 6.85. The molecular formula is C12H12N2O2S. The number of aromatic nitrogens is 2. The number of aromatic hydroxyl groups is 1. The minimum absolute atomic E-state index is 0.206. The number of hydrogen-bond donors (Lipinski definition) is 1. The molecule has 1 aromatic heterocycles. The average Bonchev–Trinajstić information content (AvgIpc) is 3.00. The molecule has 2 aromatic rings. The van der Waals surface area contributed by atoms with Crippen LogP contribution in [0.3, 0.4) is 0 Å². The first-order chi connectivity index (χ1) is 8.33. The second kappa shape index (κ2) is 4.41. The average molecular weight is 248 g/mol. The van der Waals surface area contributed by atoms with Gasteiger partial charge in [-0.05, 0) is 36.8 Å². The maximum Gasteiger partial charge on any atom is 0.258 e. The fourth-order valence-electron chi connectivity index (χ4n) is 1.90. The highest BCUT2D eigenvalue weighted by Crippen LogP contribution is 2.38. The Morgan fingerprint density at radius 2 is 2.35 bits per heavy atom. The number of phenols is 1. The predicted octanol–water partition coefficient (Wildman–Crippen LogP) is 3.01. The third-order valence-corrected chi connectivity index (χ3v) is 4.13. The Morgan fingerprint density at radius 3 is 3.12 bits per heavy atom. The van der Waals surface area contributed by atoms with Crippen LogP contribution in [0.2, 0.25) is 0 Å². The standard InChI is InChI=1S/C12H12N2O2S/c15-9-4-1-3-8(7-9)12-13-11(14-16-12)10-5-2-6-17-10/h1,3-4,7,10,15H,2,5-6H2. The lowest BCUT2D eigenvalue weighted by atomic mass is 10.2. The summed E-state index contributed by atoms with van der Waals surface area (Å²) < 4.78 is 5.23. The molecule has 2 heterocycles. The third kappa shape index (κ3) is 2.15. The maximum absolute atomic E-state index is 9.40. The lowest BCUT2D eigenvalue weighted by molar-refractivity contribution is 0.421. The molecule has 5 heteroatoms. The first-order valence-corrected chi connectivity index (χ1v) is 6.62. The van der Waals surface area contributed by atoms with Gasteiger partial charge in [0.2, 0.25) is 0 Å². The van der Waals surface area contributed by atoms with Crippen molar-refractivity contribution in [2.45, 2.75) is 18.1 Å². The van der Waals surface area contributed by atoms with Gasteiger partial charge < -0.3 is 9.63 Å². The second-order valence-electron chi connectivity index (χ2n) is 4.01. The summed E-state index contributed by atoms with van der Waals surface area (Å²) in [5.41, 5.74) is 0.756. The Kier molecular flexibility index (Phi) is 2.76. The van der Waals surface area contributed by atoms with Crippen LogP contribution in [-0.4, -0.2) is 21.0 Å². The largest absolute Gasteiger partial charge is 0.508 e. The molecule has 0 saturated carbocycles. The molecule has 0 amide bonds. The summed E-state index contributed by atoms with van der Waals surface area (Å²) in [6.07, 6.45) is 2.33. The summed E-state index contributed by atoms with van der Waals surface area (Å²) in [7, 11) is 0. The highest BCUT2D eigenvalue weighted by molar-refractivity contribution is 7.99. The van der Waals surface area contributed by atoms with Gasteiger partial charge >= 0.3 is 0 Å².